The zero-order valence-corrected chi connectivity index (χ0v) is 21.2. The monoisotopic (exact) mass is 583 g/mol. The first-order valence-corrected chi connectivity index (χ1v) is 11.1. The van der Waals surface area contributed by atoms with Crippen LogP contribution in [0.4, 0.5) is 4.79 Å². The number of rotatable bonds is 9. The second kappa shape index (κ2) is 13.4. The maximum Gasteiger partial charge on any atom is 0.408 e. The molecule has 1 amide bonds. The van der Waals surface area contributed by atoms with Crippen molar-refractivity contribution in [1.82, 2.24) is 10.4 Å². The number of benzene rings is 3. The first-order chi connectivity index (χ1) is 16.7. The Balaban J connectivity index is 0.00000342. The average molecular weight is 583 g/mol. The number of carbonyl (C=O) groups is 2. The van der Waals surface area contributed by atoms with Crippen molar-refractivity contribution in [2.24, 2.45) is 0 Å². The Kier molecular flexibility index (Phi) is 9.97. The van der Waals surface area contributed by atoms with Gasteiger partial charge >= 0.3 is 12.1 Å². The normalized spacial score (nSPS) is 11.2. The van der Waals surface area contributed by atoms with E-state index in [1.165, 1.54) is 0 Å². The predicted octanol–water partition coefficient (Wildman–Crippen LogP) is 0.955. The molecule has 1 aromatic heterocycles. The fourth-order valence-electron chi connectivity index (χ4n) is 3.43. The fourth-order valence-corrected chi connectivity index (χ4v) is 3.43. The Bertz CT molecular complexity index is 1240. The molecule has 180 valence electrons. The summed E-state index contributed by atoms with van der Waals surface area (Å²) in [5.74, 6) is -0.526. The minimum Gasteiger partial charge on any atom is -1.00 e. The minimum atomic E-state index is -0.882. The molecule has 35 heavy (non-hydrogen) atoms. The lowest BCUT2D eigenvalue weighted by Crippen LogP contribution is -3.00. The van der Waals surface area contributed by atoms with Crippen molar-refractivity contribution in [3.63, 3.8) is 0 Å². The van der Waals surface area contributed by atoms with Crippen LogP contribution < -0.4 is 34.0 Å². The van der Waals surface area contributed by atoms with E-state index in [4.69, 9.17) is 9.47 Å². The number of nitrogens with one attached hydrogen (secondary N) is 1. The molecule has 0 fully saturated rings. The molecule has 0 radical (unpaired) electrons. The first kappa shape index (κ1) is 26.1. The van der Waals surface area contributed by atoms with Crippen LogP contribution in [0.2, 0.25) is 0 Å². The van der Waals surface area contributed by atoms with E-state index in [2.05, 4.69) is 10.4 Å². The summed E-state index contributed by atoms with van der Waals surface area (Å²) < 4.78 is 12.5. The molecule has 3 aromatic carbocycles. The number of hydrogen-bond acceptors (Lipinski definition) is 5. The van der Waals surface area contributed by atoms with E-state index in [-0.39, 0.29) is 37.2 Å². The SMILES string of the molecule is O=C(N[C@H](CC[n+]1ccc2ccccc2n1)C(=O)OCc1ccccc1)OCc1ccccc1.[I-]. The lowest BCUT2D eigenvalue weighted by Gasteiger charge is -2.16. The molecular weight excluding hydrogens is 557 g/mol. The van der Waals surface area contributed by atoms with Gasteiger partial charge in [0.25, 0.3) is 0 Å². The number of halogens is 1. The van der Waals surface area contributed by atoms with Gasteiger partial charge in [-0.3, -0.25) is 0 Å². The van der Waals surface area contributed by atoms with Gasteiger partial charge in [0.1, 0.15) is 24.8 Å². The number of fused-ring (bicyclic) bond motifs is 1. The molecule has 0 aliphatic rings. The molecule has 4 aromatic rings. The summed E-state index contributed by atoms with van der Waals surface area (Å²) in [5, 5.41) is 8.26. The van der Waals surface area contributed by atoms with E-state index in [0.29, 0.717) is 13.0 Å². The number of nitrogens with zero attached hydrogens (tertiary/aromatic N) is 2. The van der Waals surface area contributed by atoms with Crippen LogP contribution in [0.5, 0.6) is 0 Å². The molecule has 0 spiro atoms. The highest BCUT2D eigenvalue weighted by Crippen LogP contribution is 2.08. The van der Waals surface area contributed by atoms with Gasteiger partial charge in [-0.15, -0.1) is 0 Å². The molecule has 7 nitrogen and oxygen atoms in total. The highest BCUT2D eigenvalue weighted by Gasteiger charge is 2.25. The van der Waals surface area contributed by atoms with E-state index < -0.39 is 18.1 Å². The van der Waals surface area contributed by atoms with Gasteiger partial charge in [-0.2, -0.15) is 0 Å². The number of amides is 1. The minimum absolute atomic E-state index is 0. The summed E-state index contributed by atoms with van der Waals surface area (Å²) in [6, 6.07) is 27.6. The van der Waals surface area contributed by atoms with Crippen LogP contribution in [0.25, 0.3) is 10.9 Å². The molecule has 0 aliphatic heterocycles. The third-order valence-corrected chi connectivity index (χ3v) is 5.26. The fraction of sp³-hybridized carbons (Fsp3) is 0.185. The molecule has 1 heterocycles. The van der Waals surface area contributed by atoms with Crippen LogP contribution in [0, 0.1) is 0 Å². The highest BCUT2D eigenvalue weighted by atomic mass is 127. The van der Waals surface area contributed by atoms with Gasteiger partial charge < -0.3 is 38.8 Å². The van der Waals surface area contributed by atoms with Crippen molar-refractivity contribution in [2.45, 2.75) is 32.2 Å². The topological polar surface area (TPSA) is 81.4 Å². The van der Waals surface area contributed by atoms with Gasteiger partial charge in [-0.05, 0) is 17.2 Å². The maximum absolute atomic E-state index is 12.8. The average Bonchev–Trinajstić information content (AvgIpc) is 2.89. The number of aryl methyl sites for hydroxylation is 1. The molecule has 0 unspecified atom stereocenters. The van der Waals surface area contributed by atoms with E-state index in [1.807, 2.05) is 97.2 Å². The summed E-state index contributed by atoms with van der Waals surface area (Å²) in [6.45, 7) is 0.645. The summed E-state index contributed by atoms with van der Waals surface area (Å²) in [7, 11) is 0. The summed E-state index contributed by atoms with van der Waals surface area (Å²) >= 11 is 0. The summed E-state index contributed by atoms with van der Waals surface area (Å²) in [4.78, 5) is 25.3. The molecule has 1 atom stereocenters. The van der Waals surface area contributed by atoms with Gasteiger partial charge in [0.15, 0.2) is 12.7 Å². The largest absolute Gasteiger partial charge is 1.00 e. The maximum atomic E-state index is 12.8. The predicted molar refractivity (Wildman–Crippen MR) is 126 cm³/mol. The van der Waals surface area contributed by atoms with E-state index in [0.717, 1.165) is 22.0 Å². The van der Waals surface area contributed by atoms with Gasteiger partial charge in [-0.25, -0.2) is 9.59 Å². The van der Waals surface area contributed by atoms with Crippen LogP contribution in [-0.2, 0) is 34.0 Å². The Morgan fingerprint density at radius 2 is 1.40 bits per heavy atom. The summed E-state index contributed by atoms with van der Waals surface area (Å²) in [5.41, 5.74) is 2.58. The van der Waals surface area contributed by atoms with Crippen LogP contribution in [0.15, 0.2) is 97.2 Å². The number of aromatic nitrogens is 2. The quantitative estimate of drug-likeness (QED) is 0.181. The molecule has 0 aliphatic carbocycles. The molecular formula is C27H26IN3O4. The Morgan fingerprint density at radius 1 is 0.800 bits per heavy atom. The second-order valence-electron chi connectivity index (χ2n) is 7.78. The van der Waals surface area contributed by atoms with E-state index >= 15 is 0 Å². The molecule has 0 saturated carbocycles. The Labute approximate surface area is 221 Å². The number of carbonyl (C=O) groups excluding carboxylic acids is 2. The molecule has 0 bridgehead atoms. The van der Waals surface area contributed by atoms with E-state index in [9.17, 15) is 9.59 Å². The zero-order valence-electron chi connectivity index (χ0n) is 19.0. The smallest absolute Gasteiger partial charge is 0.408 e. The van der Waals surface area contributed by atoms with Crippen molar-refractivity contribution in [3.05, 3.63) is 108 Å². The van der Waals surface area contributed by atoms with E-state index in [1.54, 1.807) is 4.68 Å². The second-order valence-corrected chi connectivity index (χ2v) is 7.78. The van der Waals surface area contributed by atoms with Crippen LogP contribution in [0.3, 0.4) is 0 Å². The number of alkyl carbamates (subject to hydrolysis) is 1. The van der Waals surface area contributed by atoms with Crippen molar-refractivity contribution < 1.29 is 47.7 Å². The van der Waals surface area contributed by atoms with Gasteiger partial charge in [0.2, 0.25) is 0 Å². The lowest BCUT2D eigenvalue weighted by molar-refractivity contribution is -0.752. The lowest BCUT2D eigenvalue weighted by atomic mass is 10.2. The number of ether oxygens (including phenoxy) is 2. The number of hydrogen-bond donors (Lipinski definition) is 1. The van der Waals surface area contributed by atoms with Crippen LogP contribution >= 0.6 is 0 Å². The third kappa shape index (κ3) is 8.03. The first-order valence-electron chi connectivity index (χ1n) is 11.1. The Morgan fingerprint density at radius 3 is 2.09 bits per heavy atom. The standard InChI is InChI=1S/C27H25N3O4.HI/c31-26(33-19-21-9-3-1-4-10-21)25(28-27(32)34-20-22-11-5-2-6-12-22)16-18-30-17-15-23-13-7-8-14-24(23)29-30;/h1-15,17,25H,16,18-20H2;1H/t25-;/m1./s1. The van der Waals surface area contributed by atoms with Crippen molar-refractivity contribution in [2.75, 3.05) is 0 Å². The zero-order chi connectivity index (χ0) is 23.6. The van der Waals surface area contributed by atoms with Crippen molar-refractivity contribution in [3.8, 4) is 0 Å². The third-order valence-electron chi connectivity index (χ3n) is 5.26. The summed E-state index contributed by atoms with van der Waals surface area (Å²) in [6.07, 6.45) is 1.47. The van der Waals surface area contributed by atoms with Gasteiger partial charge in [0.05, 0.1) is 0 Å². The molecule has 4 rings (SSSR count). The molecule has 1 N–H and O–H groups in total. The number of esters is 1. The van der Waals surface area contributed by atoms with Gasteiger partial charge in [0, 0.05) is 23.0 Å². The van der Waals surface area contributed by atoms with Crippen molar-refractivity contribution >= 4 is 23.0 Å². The molecule has 0 saturated heterocycles. The Hall–Kier alpha value is -3.53. The van der Waals surface area contributed by atoms with Gasteiger partial charge in [-0.1, -0.05) is 83.5 Å². The van der Waals surface area contributed by atoms with Crippen LogP contribution in [0.1, 0.15) is 17.5 Å². The van der Waals surface area contributed by atoms with Crippen molar-refractivity contribution in [1.29, 1.82) is 0 Å². The highest BCUT2D eigenvalue weighted by molar-refractivity contribution is 5.81. The molecule has 8 heteroatoms. The van der Waals surface area contributed by atoms with Crippen LogP contribution in [-0.4, -0.2) is 23.2 Å².